The number of hydrogen-bond donors (Lipinski definition) is 2. The molecule has 3 N–H and O–H groups in total. The lowest BCUT2D eigenvalue weighted by Crippen LogP contribution is -2.05. The summed E-state index contributed by atoms with van der Waals surface area (Å²) >= 11 is 0. The highest BCUT2D eigenvalue weighted by Gasteiger charge is 2.07. The topological polar surface area (TPSA) is 112 Å². The van der Waals surface area contributed by atoms with Crippen molar-refractivity contribution in [2.45, 2.75) is 6.54 Å². The molecule has 0 atom stereocenters. The Balaban J connectivity index is 2.02. The fourth-order valence-corrected chi connectivity index (χ4v) is 1.41. The lowest BCUT2D eigenvalue weighted by atomic mass is 10.3. The lowest BCUT2D eigenvalue weighted by molar-refractivity contribution is -0.385. The molecule has 18 heavy (non-hydrogen) atoms. The Morgan fingerprint density at radius 2 is 2.28 bits per heavy atom. The molecule has 8 nitrogen and oxygen atoms in total. The molecule has 0 aliphatic carbocycles. The summed E-state index contributed by atoms with van der Waals surface area (Å²) in [5.74, 6) is 1.12. The fraction of sp³-hybridized carbons (Fsp3) is 0.200. The first-order valence-electron chi connectivity index (χ1n) is 5.18. The van der Waals surface area contributed by atoms with E-state index in [1.165, 1.54) is 12.3 Å². The fourth-order valence-electron chi connectivity index (χ4n) is 1.41. The van der Waals surface area contributed by atoms with Gasteiger partial charge in [-0.2, -0.15) is 5.10 Å². The summed E-state index contributed by atoms with van der Waals surface area (Å²) in [5.41, 5.74) is 6.59. The molecule has 2 aromatic rings. The van der Waals surface area contributed by atoms with Crippen molar-refractivity contribution in [1.82, 2.24) is 14.8 Å². The standard InChI is InChI=1S/C10H12N6O2/c1-15-10(11)7(5-14-15)4-12-9-3-2-8(6-13-9)16(17)18/h2-3,5-6H,4,11H2,1H3,(H,12,13). The van der Waals surface area contributed by atoms with Gasteiger partial charge < -0.3 is 11.1 Å². The predicted octanol–water partition coefficient (Wildman–Crippen LogP) is 0.918. The van der Waals surface area contributed by atoms with Gasteiger partial charge in [-0.3, -0.25) is 14.8 Å². The molecule has 0 saturated carbocycles. The van der Waals surface area contributed by atoms with Crippen LogP contribution in [-0.2, 0) is 13.6 Å². The molecule has 0 bridgehead atoms. The minimum absolute atomic E-state index is 0.0403. The van der Waals surface area contributed by atoms with Gasteiger partial charge in [0.05, 0.1) is 11.1 Å². The number of hydrogen-bond acceptors (Lipinski definition) is 6. The van der Waals surface area contributed by atoms with Crippen molar-refractivity contribution in [1.29, 1.82) is 0 Å². The molecule has 0 radical (unpaired) electrons. The minimum Gasteiger partial charge on any atom is -0.384 e. The SMILES string of the molecule is Cn1ncc(CNc2ccc([N+](=O)[O-])cn2)c1N. The molecule has 0 spiro atoms. The Hall–Kier alpha value is -2.64. The molecule has 0 fully saturated rings. The number of anilines is 2. The quantitative estimate of drug-likeness (QED) is 0.614. The van der Waals surface area contributed by atoms with Gasteiger partial charge in [0, 0.05) is 25.2 Å². The maximum atomic E-state index is 10.5. The van der Waals surface area contributed by atoms with Crippen LogP contribution in [0.15, 0.2) is 24.5 Å². The maximum Gasteiger partial charge on any atom is 0.287 e. The van der Waals surface area contributed by atoms with Crippen LogP contribution in [0.2, 0.25) is 0 Å². The molecule has 0 amide bonds. The number of nitrogens with one attached hydrogen (secondary N) is 1. The van der Waals surface area contributed by atoms with E-state index in [1.54, 1.807) is 24.0 Å². The summed E-state index contributed by atoms with van der Waals surface area (Å²) in [6, 6.07) is 2.94. The molecule has 2 rings (SSSR count). The molecule has 0 saturated heterocycles. The zero-order valence-electron chi connectivity index (χ0n) is 9.70. The Morgan fingerprint density at radius 3 is 2.78 bits per heavy atom. The number of rotatable bonds is 4. The number of nitro groups is 1. The number of aryl methyl sites for hydroxylation is 1. The molecule has 0 unspecified atom stereocenters. The second-order valence-electron chi connectivity index (χ2n) is 3.69. The van der Waals surface area contributed by atoms with Gasteiger partial charge in [0.2, 0.25) is 0 Å². The van der Waals surface area contributed by atoms with Gasteiger partial charge in [0.15, 0.2) is 0 Å². The van der Waals surface area contributed by atoms with Crippen LogP contribution in [0.25, 0.3) is 0 Å². The molecule has 8 heteroatoms. The molecule has 2 aromatic heterocycles. The first-order chi connectivity index (χ1) is 8.58. The second-order valence-corrected chi connectivity index (χ2v) is 3.69. The summed E-state index contributed by atoms with van der Waals surface area (Å²) in [6.45, 7) is 0.463. The minimum atomic E-state index is -0.490. The molecule has 0 aliphatic heterocycles. The van der Waals surface area contributed by atoms with Crippen LogP contribution in [-0.4, -0.2) is 19.7 Å². The van der Waals surface area contributed by atoms with Crippen LogP contribution in [0.5, 0.6) is 0 Å². The highest BCUT2D eigenvalue weighted by Crippen LogP contribution is 2.14. The van der Waals surface area contributed by atoms with Gasteiger partial charge in [0.1, 0.15) is 17.8 Å². The summed E-state index contributed by atoms with van der Waals surface area (Å²) in [7, 11) is 1.75. The molecule has 0 aliphatic rings. The van der Waals surface area contributed by atoms with Crippen LogP contribution in [0.4, 0.5) is 17.3 Å². The Labute approximate surface area is 103 Å². The smallest absolute Gasteiger partial charge is 0.287 e. The summed E-state index contributed by atoms with van der Waals surface area (Å²) in [6.07, 6.45) is 2.86. The first kappa shape index (κ1) is 11.8. The van der Waals surface area contributed by atoms with E-state index in [4.69, 9.17) is 5.73 Å². The van der Waals surface area contributed by atoms with E-state index >= 15 is 0 Å². The van der Waals surface area contributed by atoms with Crippen molar-refractivity contribution in [3.63, 3.8) is 0 Å². The number of nitrogens with two attached hydrogens (primary N) is 1. The van der Waals surface area contributed by atoms with Crippen LogP contribution in [0.3, 0.4) is 0 Å². The Bertz CT molecular complexity index is 562. The largest absolute Gasteiger partial charge is 0.384 e. The Morgan fingerprint density at radius 1 is 1.50 bits per heavy atom. The number of pyridine rings is 1. The average Bonchev–Trinajstić information content (AvgIpc) is 2.68. The highest BCUT2D eigenvalue weighted by atomic mass is 16.6. The van der Waals surface area contributed by atoms with Gasteiger partial charge >= 0.3 is 0 Å². The number of nitrogen functional groups attached to an aromatic ring is 1. The van der Waals surface area contributed by atoms with Crippen LogP contribution in [0, 0.1) is 10.1 Å². The number of nitrogens with zero attached hydrogens (tertiary/aromatic N) is 4. The van der Waals surface area contributed by atoms with E-state index in [-0.39, 0.29) is 5.69 Å². The zero-order valence-corrected chi connectivity index (χ0v) is 9.70. The van der Waals surface area contributed by atoms with E-state index in [1.807, 2.05) is 0 Å². The summed E-state index contributed by atoms with van der Waals surface area (Å²) < 4.78 is 1.57. The number of aromatic nitrogens is 3. The third kappa shape index (κ3) is 2.37. The molecular formula is C10H12N6O2. The second kappa shape index (κ2) is 4.70. The Kier molecular flexibility index (Phi) is 3.09. The lowest BCUT2D eigenvalue weighted by Gasteiger charge is -2.04. The molecular weight excluding hydrogens is 236 g/mol. The van der Waals surface area contributed by atoms with Gasteiger partial charge in [-0.05, 0) is 6.07 Å². The van der Waals surface area contributed by atoms with E-state index in [0.29, 0.717) is 18.2 Å². The van der Waals surface area contributed by atoms with Crippen molar-refractivity contribution >= 4 is 17.3 Å². The molecule has 0 aromatic carbocycles. The van der Waals surface area contributed by atoms with Crippen molar-refractivity contribution in [2.24, 2.45) is 7.05 Å². The third-order valence-electron chi connectivity index (χ3n) is 2.48. The van der Waals surface area contributed by atoms with E-state index in [0.717, 1.165) is 5.56 Å². The maximum absolute atomic E-state index is 10.5. The van der Waals surface area contributed by atoms with Crippen molar-refractivity contribution < 1.29 is 4.92 Å². The van der Waals surface area contributed by atoms with Crippen molar-refractivity contribution in [3.05, 3.63) is 40.2 Å². The average molecular weight is 248 g/mol. The van der Waals surface area contributed by atoms with Gasteiger partial charge in [-0.25, -0.2) is 4.98 Å². The molecule has 94 valence electrons. The highest BCUT2D eigenvalue weighted by molar-refractivity contribution is 5.44. The van der Waals surface area contributed by atoms with Crippen LogP contribution >= 0.6 is 0 Å². The van der Waals surface area contributed by atoms with Gasteiger partial charge in [-0.1, -0.05) is 0 Å². The van der Waals surface area contributed by atoms with Crippen LogP contribution in [0.1, 0.15) is 5.56 Å². The van der Waals surface area contributed by atoms with Gasteiger partial charge in [-0.15, -0.1) is 0 Å². The third-order valence-corrected chi connectivity index (χ3v) is 2.48. The van der Waals surface area contributed by atoms with Gasteiger partial charge in [0.25, 0.3) is 5.69 Å². The van der Waals surface area contributed by atoms with Crippen molar-refractivity contribution in [3.8, 4) is 0 Å². The first-order valence-corrected chi connectivity index (χ1v) is 5.18. The zero-order chi connectivity index (χ0) is 13.1. The van der Waals surface area contributed by atoms with E-state index in [9.17, 15) is 10.1 Å². The summed E-state index contributed by atoms with van der Waals surface area (Å²) in [5, 5.41) is 17.5. The molecule has 2 heterocycles. The normalized spacial score (nSPS) is 10.3. The van der Waals surface area contributed by atoms with E-state index < -0.39 is 4.92 Å². The monoisotopic (exact) mass is 248 g/mol. The predicted molar refractivity (Wildman–Crippen MR) is 65.8 cm³/mol. The summed E-state index contributed by atoms with van der Waals surface area (Å²) in [4.78, 5) is 13.9. The van der Waals surface area contributed by atoms with Crippen molar-refractivity contribution in [2.75, 3.05) is 11.1 Å². The van der Waals surface area contributed by atoms with Crippen LogP contribution < -0.4 is 11.1 Å². The van der Waals surface area contributed by atoms with E-state index in [2.05, 4.69) is 15.4 Å².